The van der Waals surface area contributed by atoms with Crippen LogP contribution in [0.4, 0.5) is 20.6 Å². The number of nitrogens with zero attached hydrogens (tertiary/aromatic N) is 1. The lowest BCUT2D eigenvalue weighted by Crippen LogP contribution is -2.44. The molecule has 1 aliphatic heterocycles. The summed E-state index contributed by atoms with van der Waals surface area (Å²) >= 11 is 0. The summed E-state index contributed by atoms with van der Waals surface area (Å²) in [6.45, 7) is 7.64. The number of hydrogen-bond donors (Lipinski definition) is 2. The van der Waals surface area contributed by atoms with Gasteiger partial charge in [0, 0.05) is 25.6 Å². The van der Waals surface area contributed by atoms with Gasteiger partial charge in [-0.05, 0) is 47.9 Å². The Morgan fingerprint density at radius 3 is 2.49 bits per heavy atom. The standard InChI is InChI=1S/C24H30FN3O6S/c1-16(29)26-12-11-19-14-28(35(31,32)20-8-5-17(25)6-9-20)21-13-18(7-10-22(21)34-19)27-23(30)33-15-24(2,3)4/h5-10,13,19H,11-12,14-15H2,1-4H3,(H,26,29)(H,27,30). The monoisotopic (exact) mass is 507 g/mol. The second-order valence-electron chi connectivity index (χ2n) is 9.45. The third-order valence-electron chi connectivity index (χ3n) is 5.02. The molecule has 3 rings (SSSR count). The molecule has 11 heteroatoms. The third kappa shape index (κ3) is 7.08. The molecule has 0 fully saturated rings. The predicted molar refractivity (Wildman–Crippen MR) is 130 cm³/mol. The van der Waals surface area contributed by atoms with Crippen LogP contribution in [0.3, 0.4) is 0 Å². The summed E-state index contributed by atoms with van der Waals surface area (Å²) in [7, 11) is -4.09. The number of benzene rings is 2. The van der Waals surface area contributed by atoms with Gasteiger partial charge in [-0.25, -0.2) is 17.6 Å². The van der Waals surface area contributed by atoms with Crippen LogP contribution in [0, 0.1) is 11.2 Å². The quantitative estimate of drug-likeness (QED) is 0.588. The highest BCUT2D eigenvalue weighted by Crippen LogP contribution is 2.39. The van der Waals surface area contributed by atoms with Crippen molar-refractivity contribution < 1.29 is 31.9 Å². The maximum absolute atomic E-state index is 13.5. The van der Waals surface area contributed by atoms with Gasteiger partial charge in [0.25, 0.3) is 10.0 Å². The molecule has 1 unspecified atom stereocenters. The third-order valence-corrected chi connectivity index (χ3v) is 6.81. The Kier molecular flexibility index (Phi) is 7.89. The van der Waals surface area contributed by atoms with Gasteiger partial charge in [0.2, 0.25) is 5.91 Å². The van der Waals surface area contributed by atoms with E-state index in [2.05, 4.69) is 10.6 Å². The molecular formula is C24H30FN3O6S. The van der Waals surface area contributed by atoms with E-state index < -0.39 is 28.0 Å². The van der Waals surface area contributed by atoms with Crippen molar-refractivity contribution in [2.24, 2.45) is 5.41 Å². The number of rotatable bonds is 7. The number of ether oxygens (including phenoxy) is 2. The van der Waals surface area contributed by atoms with E-state index in [0.717, 1.165) is 12.1 Å². The normalized spacial score (nSPS) is 15.6. The van der Waals surface area contributed by atoms with Crippen LogP contribution in [-0.2, 0) is 19.6 Å². The van der Waals surface area contributed by atoms with Gasteiger partial charge < -0.3 is 14.8 Å². The largest absolute Gasteiger partial charge is 0.486 e. The van der Waals surface area contributed by atoms with E-state index in [4.69, 9.17) is 9.47 Å². The summed E-state index contributed by atoms with van der Waals surface area (Å²) in [6, 6.07) is 9.16. The summed E-state index contributed by atoms with van der Waals surface area (Å²) < 4.78 is 52.8. The summed E-state index contributed by atoms with van der Waals surface area (Å²) in [6.07, 6.45) is -0.842. The number of sulfonamides is 1. The number of amides is 2. The first-order valence-electron chi connectivity index (χ1n) is 11.1. The first kappa shape index (κ1) is 26.3. The number of nitrogens with one attached hydrogen (secondary N) is 2. The summed E-state index contributed by atoms with van der Waals surface area (Å²) in [5.74, 6) is -0.464. The Labute approximate surface area is 204 Å². The fraction of sp³-hybridized carbons (Fsp3) is 0.417. The van der Waals surface area contributed by atoms with Gasteiger partial charge in [-0.15, -0.1) is 0 Å². The van der Waals surface area contributed by atoms with Crippen LogP contribution in [0.2, 0.25) is 0 Å². The molecule has 1 heterocycles. The zero-order chi connectivity index (χ0) is 25.8. The van der Waals surface area contributed by atoms with Crippen molar-refractivity contribution in [1.82, 2.24) is 5.32 Å². The maximum Gasteiger partial charge on any atom is 0.411 e. The van der Waals surface area contributed by atoms with E-state index in [1.807, 2.05) is 20.8 Å². The molecule has 0 aromatic heterocycles. The average molecular weight is 508 g/mol. The van der Waals surface area contributed by atoms with Crippen molar-refractivity contribution in [2.45, 2.75) is 45.1 Å². The van der Waals surface area contributed by atoms with Crippen LogP contribution in [-0.4, -0.2) is 46.2 Å². The van der Waals surface area contributed by atoms with Gasteiger partial charge in [-0.1, -0.05) is 20.8 Å². The van der Waals surface area contributed by atoms with Crippen LogP contribution in [0.25, 0.3) is 0 Å². The van der Waals surface area contributed by atoms with Crippen LogP contribution >= 0.6 is 0 Å². The highest BCUT2D eigenvalue weighted by atomic mass is 32.2. The Hall–Kier alpha value is -3.34. The molecule has 2 N–H and O–H groups in total. The van der Waals surface area contributed by atoms with Gasteiger partial charge in [0.15, 0.2) is 0 Å². The van der Waals surface area contributed by atoms with E-state index in [-0.39, 0.29) is 35.1 Å². The fourth-order valence-corrected chi connectivity index (χ4v) is 4.85. The molecule has 2 amide bonds. The number of anilines is 2. The Balaban J connectivity index is 1.90. The number of fused-ring (bicyclic) bond motifs is 1. The highest BCUT2D eigenvalue weighted by molar-refractivity contribution is 7.92. The maximum atomic E-state index is 13.5. The van der Waals surface area contributed by atoms with Crippen molar-refractivity contribution >= 4 is 33.4 Å². The first-order valence-corrected chi connectivity index (χ1v) is 12.6. The van der Waals surface area contributed by atoms with E-state index in [9.17, 15) is 22.4 Å². The minimum Gasteiger partial charge on any atom is -0.486 e. The van der Waals surface area contributed by atoms with Crippen LogP contribution in [0.5, 0.6) is 5.75 Å². The molecule has 190 valence electrons. The van der Waals surface area contributed by atoms with Crippen molar-refractivity contribution in [3.63, 3.8) is 0 Å². The number of carbonyl (C=O) groups is 2. The zero-order valence-corrected chi connectivity index (χ0v) is 20.9. The average Bonchev–Trinajstić information content (AvgIpc) is 2.77. The first-order chi connectivity index (χ1) is 16.3. The van der Waals surface area contributed by atoms with E-state index in [1.165, 1.54) is 29.4 Å². The lowest BCUT2D eigenvalue weighted by atomic mass is 9.99. The second kappa shape index (κ2) is 10.5. The second-order valence-corrected chi connectivity index (χ2v) is 11.3. The minimum atomic E-state index is -4.09. The molecule has 2 aromatic rings. The molecule has 2 aromatic carbocycles. The molecule has 0 bridgehead atoms. The molecule has 0 spiro atoms. The van der Waals surface area contributed by atoms with Crippen molar-refractivity contribution in [2.75, 3.05) is 29.3 Å². The minimum absolute atomic E-state index is 0.0375. The molecule has 35 heavy (non-hydrogen) atoms. The highest BCUT2D eigenvalue weighted by Gasteiger charge is 2.35. The van der Waals surface area contributed by atoms with Crippen LogP contribution in [0.15, 0.2) is 47.4 Å². The number of halogens is 1. The van der Waals surface area contributed by atoms with Gasteiger partial charge in [-0.3, -0.25) is 14.4 Å². The topological polar surface area (TPSA) is 114 Å². The lowest BCUT2D eigenvalue weighted by Gasteiger charge is -2.36. The lowest BCUT2D eigenvalue weighted by molar-refractivity contribution is -0.119. The smallest absolute Gasteiger partial charge is 0.411 e. The molecule has 0 aliphatic carbocycles. The molecule has 0 saturated carbocycles. The summed E-state index contributed by atoms with van der Waals surface area (Å²) in [5, 5.41) is 5.28. The van der Waals surface area contributed by atoms with Crippen molar-refractivity contribution in [3.8, 4) is 5.75 Å². The van der Waals surface area contributed by atoms with E-state index in [0.29, 0.717) is 24.4 Å². The van der Waals surface area contributed by atoms with Gasteiger partial charge in [-0.2, -0.15) is 0 Å². The van der Waals surface area contributed by atoms with Gasteiger partial charge >= 0.3 is 6.09 Å². The Morgan fingerprint density at radius 2 is 1.86 bits per heavy atom. The predicted octanol–water partition coefficient (Wildman–Crippen LogP) is 3.90. The van der Waals surface area contributed by atoms with Crippen LogP contribution in [0.1, 0.15) is 34.1 Å². The van der Waals surface area contributed by atoms with Gasteiger partial charge in [0.1, 0.15) is 17.7 Å². The van der Waals surface area contributed by atoms with Crippen molar-refractivity contribution in [3.05, 3.63) is 48.3 Å². The Bertz CT molecular complexity index is 1180. The zero-order valence-electron chi connectivity index (χ0n) is 20.1. The molecule has 0 radical (unpaired) electrons. The molecule has 0 saturated heterocycles. The number of hydrogen-bond acceptors (Lipinski definition) is 6. The molecular weight excluding hydrogens is 477 g/mol. The Morgan fingerprint density at radius 1 is 1.17 bits per heavy atom. The molecule has 1 atom stereocenters. The van der Waals surface area contributed by atoms with E-state index in [1.54, 1.807) is 12.1 Å². The SMILES string of the molecule is CC(=O)NCCC1CN(S(=O)(=O)c2ccc(F)cc2)c2cc(NC(=O)OCC(C)(C)C)ccc2O1. The van der Waals surface area contributed by atoms with E-state index >= 15 is 0 Å². The fourth-order valence-electron chi connectivity index (χ4n) is 3.35. The van der Waals surface area contributed by atoms with Gasteiger partial charge in [0.05, 0.1) is 23.7 Å². The molecule has 9 nitrogen and oxygen atoms in total. The van der Waals surface area contributed by atoms with Crippen molar-refractivity contribution in [1.29, 1.82) is 0 Å². The summed E-state index contributed by atoms with van der Waals surface area (Å²) in [5.41, 5.74) is 0.328. The van der Waals surface area contributed by atoms with Crippen LogP contribution < -0.4 is 19.7 Å². The number of carbonyl (C=O) groups excluding carboxylic acids is 2. The molecule has 1 aliphatic rings. The summed E-state index contributed by atoms with van der Waals surface area (Å²) in [4.78, 5) is 23.3.